The first-order valence-corrected chi connectivity index (χ1v) is 12.9. The Bertz CT molecular complexity index is 1240. The van der Waals surface area contributed by atoms with Gasteiger partial charge in [0.1, 0.15) is 29.8 Å². The normalized spacial score (nSPS) is 13.9. The van der Waals surface area contributed by atoms with Gasteiger partial charge in [0.15, 0.2) is 17.2 Å². The van der Waals surface area contributed by atoms with Gasteiger partial charge in [-0.2, -0.15) is 0 Å². The van der Waals surface area contributed by atoms with Gasteiger partial charge in [0, 0.05) is 31.9 Å². The van der Waals surface area contributed by atoms with Crippen molar-refractivity contribution >= 4 is 11.9 Å². The van der Waals surface area contributed by atoms with Gasteiger partial charge in [-0.1, -0.05) is 30.3 Å². The second-order valence-electron chi connectivity index (χ2n) is 9.32. The summed E-state index contributed by atoms with van der Waals surface area (Å²) < 4.78 is 36.0. The molecule has 214 valence electrons. The second-order valence-corrected chi connectivity index (χ2v) is 9.32. The number of rotatable bonds is 14. The lowest BCUT2D eigenvalue weighted by Gasteiger charge is -2.33. The van der Waals surface area contributed by atoms with E-state index in [1.54, 1.807) is 26.2 Å². The van der Waals surface area contributed by atoms with Crippen LogP contribution in [0.2, 0.25) is 0 Å². The van der Waals surface area contributed by atoms with Crippen molar-refractivity contribution in [1.82, 2.24) is 10.3 Å². The summed E-state index contributed by atoms with van der Waals surface area (Å²) in [6, 6.07) is 15.7. The van der Waals surface area contributed by atoms with Gasteiger partial charge in [-0.15, -0.1) is 0 Å². The number of para-hydroxylation sites is 1. The van der Waals surface area contributed by atoms with E-state index in [1.807, 2.05) is 30.3 Å². The van der Waals surface area contributed by atoms with Crippen LogP contribution in [0.4, 0.5) is 4.39 Å². The summed E-state index contributed by atoms with van der Waals surface area (Å²) in [5.74, 6) is -1.72. The van der Waals surface area contributed by atoms with Crippen LogP contribution < -0.4 is 14.8 Å². The number of pyridine rings is 1. The summed E-state index contributed by atoms with van der Waals surface area (Å²) in [6.45, 7) is 3.63. The van der Waals surface area contributed by atoms with Gasteiger partial charge in [-0.25, -0.2) is 14.2 Å². The van der Waals surface area contributed by atoms with Crippen LogP contribution >= 0.6 is 0 Å². The van der Waals surface area contributed by atoms with Crippen molar-refractivity contribution in [2.75, 3.05) is 20.8 Å². The molecule has 0 saturated heterocycles. The van der Waals surface area contributed by atoms with Gasteiger partial charge in [0.2, 0.25) is 0 Å². The summed E-state index contributed by atoms with van der Waals surface area (Å²) in [6.07, 6.45) is 1.08. The minimum absolute atomic E-state index is 0.0770. The molecule has 1 heterocycles. The lowest BCUT2D eigenvalue weighted by molar-refractivity contribution is -0.156. The fraction of sp³-hybridized carbons (Fsp3) is 0.367. The zero-order valence-electron chi connectivity index (χ0n) is 23.0. The summed E-state index contributed by atoms with van der Waals surface area (Å²) >= 11 is 0. The predicted octanol–water partition coefficient (Wildman–Crippen LogP) is 4.33. The van der Waals surface area contributed by atoms with E-state index in [9.17, 15) is 19.1 Å². The number of carbonyl (C=O) groups excluding carboxylic acids is 2. The first-order chi connectivity index (χ1) is 19.2. The third kappa shape index (κ3) is 8.41. The topological polar surface area (TPSA) is 116 Å². The molecule has 0 bridgehead atoms. The number of ether oxygens (including phenoxy) is 4. The molecule has 2 aromatic carbocycles. The predicted molar refractivity (Wildman–Crippen MR) is 146 cm³/mol. The number of aromatic hydroxyl groups is 1. The first kappa shape index (κ1) is 30.4. The van der Waals surface area contributed by atoms with Crippen molar-refractivity contribution in [2.24, 2.45) is 5.92 Å². The number of hydrogen-bond donors (Lipinski definition) is 2. The highest BCUT2D eigenvalue weighted by Crippen LogP contribution is 2.28. The van der Waals surface area contributed by atoms with Gasteiger partial charge in [0.25, 0.3) is 5.91 Å². The highest BCUT2D eigenvalue weighted by atomic mass is 19.1. The molecule has 1 amide bonds. The quantitative estimate of drug-likeness (QED) is 0.283. The minimum Gasteiger partial charge on any atom is -0.503 e. The molecule has 0 aliphatic heterocycles. The Labute approximate surface area is 233 Å². The summed E-state index contributed by atoms with van der Waals surface area (Å²) in [4.78, 5) is 29.6. The fourth-order valence-corrected chi connectivity index (χ4v) is 4.25. The molecule has 1 aromatic heterocycles. The molecule has 0 unspecified atom stereocenters. The zero-order valence-corrected chi connectivity index (χ0v) is 23.0. The van der Waals surface area contributed by atoms with Crippen LogP contribution in [-0.4, -0.2) is 61.0 Å². The zero-order chi connectivity index (χ0) is 29.1. The molecule has 0 radical (unpaired) electrons. The molecule has 4 atom stereocenters. The number of benzene rings is 2. The van der Waals surface area contributed by atoms with Crippen LogP contribution in [0.5, 0.6) is 17.2 Å². The lowest BCUT2D eigenvalue weighted by atomic mass is 9.88. The van der Waals surface area contributed by atoms with Gasteiger partial charge in [-0.05, 0) is 56.5 Å². The summed E-state index contributed by atoms with van der Waals surface area (Å²) in [7, 11) is 2.95. The van der Waals surface area contributed by atoms with Crippen LogP contribution in [0.25, 0.3) is 0 Å². The Morgan fingerprint density at radius 3 is 2.38 bits per heavy atom. The molecule has 10 heteroatoms. The standard InChI is InChI=1S/C30H35FN2O7/c1-19(33-29(35)26-27(34)25(38-4)14-16-32-26)30(36)39-20(2)28(40-24-8-6-5-7-9-24)22(15-17-37-3)18-21-10-12-23(31)13-11-21/h5-14,16,19-20,22,28,34H,15,17-18H2,1-4H3,(H,33,35)/t19-,20-,22+,28-/m0/s1. The number of methoxy groups -OCH3 is 2. The van der Waals surface area contributed by atoms with Crippen LogP contribution in [0.1, 0.15) is 36.3 Å². The Morgan fingerprint density at radius 1 is 1.02 bits per heavy atom. The number of esters is 1. The SMILES string of the molecule is COCC[C@H](Cc1ccc(F)cc1)[C@@H](Oc1ccccc1)[C@H](C)OC(=O)[C@H](C)NC(=O)c1nccc(OC)c1O. The van der Waals surface area contributed by atoms with E-state index < -0.39 is 35.9 Å². The van der Waals surface area contributed by atoms with E-state index in [0.717, 1.165) is 5.56 Å². The number of amides is 1. The highest BCUT2D eigenvalue weighted by Gasteiger charge is 2.33. The van der Waals surface area contributed by atoms with Crippen molar-refractivity contribution in [3.63, 3.8) is 0 Å². The molecule has 0 saturated carbocycles. The lowest BCUT2D eigenvalue weighted by Crippen LogP contribution is -2.45. The van der Waals surface area contributed by atoms with Gasteiger partial charge >= 0.3 is 5.97 Å². The number of nitrogens with one attached hydrogen (secondary N) is 1. The van der Waals surface area contributed by atoms with E-state index >= 15 is 0 Å². The highest BCUT2D eigenvalue weighted by molar-refractivity contribution is 5.97. The maximum Gasteiger partial charge on any atom is 0.328 e. The molecule has 0 spiro atoms. The molecule has 40 heavy (non-hydrogen) atoms. The largest absolute Gasteiger partial charge is 0.503 e. The van der Waals surface area contributed by atoms with Crippen LogP contribution in [-0.2, 0) is 20.7 Å². The summed E-state index contributed by atoms with van der Waals surface area (Å²) in [5.41, 5.74) is 0.616. The monoisotopic (exact) mass is 554 g/mol. The third-order valence-electron chi connectivity index (χ3n) is 6.37. The number of carbonyl (C=O) groups is 2. The fourth-order valence-electron chi connectivity index (χ4n) is 4.25. The Morgan fingerprint density at radius 2 is 1.73 bits per heavy atom. The smallest absolute Gasteiger partial charge is 0.328 e. The molecule has 2 N–H and O–H groups in total. The van der Waals surface area contributed by atoms with E-state index in [1.165, 1.54) is 38.4 Å². The average Bonchev–Trinajstić information content (AvgIpc) is 2.95. The average molecular weight is 555 g/mol. The van der Waals surface area contributed by atoms with E-state index in [-0.39, 0.29) is 23.2 Å². The molecule has 3 aromatic rings. The van der Waals surface area contributed by atoms with E-state index in [0.29, 0.717) is 25.2 Å². The van der Waals surface area contributed by atoms with Crippen molar-refractivity contribution in [3.05, 3.63) is 83.9 Å². The number of aromatic nitrogens is 1. The third-order valence-corrected chi connectivity index (χ3v) is 6.37. The van der Waals surface area contributed by atoms with Crippen molar-refractivity contribution in [2.45, 2.75) is 44.9 Å². The summed E-state index contributed by atoms with van der Waals surface area (Å²) in [5, 5.41) is 12.7. The second kappa shape index (κ2) is 14.8. The Balaban J connectivity index is 1.78. The van der Waals surface area contributed by atoms with Crippen molar-refractivity contribution < 1.29 is 38.0 Å². The van der Waals surface area contributed by atoms with Gasteiger partial charge < -0.3 is 29.4 Å². The Kier molecular flexibility index (Phi) is 11.3. The molecule has 3 rings (SSSR count). The molecule has 0 aliphatic rings. The maximum absolute atomic E-state index is 13.5. The number of halogens is 1. The maximum atomic E-state index is 13.5. The van der Waals surface area contributed by atoms with Gasteiger partial charge in [-0.3, -0.25) is 4.79 Å². The minimum atomic E-state index is -1.06. The van der Waals surface area contributed by atoms with Crippen LogP contribution in [0, 0.1) is 11.7 Å². The number of hydrogen-bond acceptors (Lipinski definition) is 8. The molecular weight excluding hydrogens is 519 g/mol. The van der Waals surface area contributed by atoms with Gasteiger partial charge in [0.05, 0.1) is 7.11 Å². The Hall–Kier alpha value is -4.18. The molecule has 0 aliphatic carbocycles. The van der Waals surface area contributed by atoms with Crippen molar-refractivity contribution in [1.29, 1.82) is 0 Å². The van der Waals surface area contributed by atoms with E-state index in [2.05, 4.69) is 10.3 Å². The van der Waals surface area contributed by atoms with Crippen LogP contribution in [0.15, 0.2) is 66.9 Å². The van der Waals surface area contributed by atoms with E-state index in [4.69, 9.17) is 18.9 Å². The molecular formula is C30H35FN2O7. The molecule has 0 fully saturated rings. The molecule has 9 nitrogen and oxygen atoms in total. The van der Waals surface area contributed by atoms with Crippen LogP contribution in [0.3, 0.4) is 0 Å². The first-order valence-electron chi connectivity index (χ1n) is 12.9. The number of nitrogens with zero attached hydrogens (tertiary/aromatic N) is 1. The van der Waals surface area contributed by atoms with Crippen molar-refractivity contribution in [3.8, 4) is 17.2 Å².